The van der Waals surface area contributed by atoms with Crippen molar-refractivity contribution in [2.75, 3.05) is 18.8 Å². The molecule has 1 aromatic carbocycles. The van der Waals surface area contributed by atoms with Gasteiger partial charge in [0, 0.05) is 24.6 Å². The first-order chi connectivity index (χ1) is 17.5. The van der Waals surface area contributed by atoms with E-state index in [-0.39, 0.29) is 36.6 Å². The highest BCUT2D eigenvalue weighted by atomic mass is 32.2. The molecule has 4 rings (SSSR count). The average Bonchev–Trinajstić information content (AvgIpc) is 3.17. The van der Waals surface area contributed by atoms with Gasteiger partial charge in [0.2, 0.25) is 10.0 Å². The summed E-state index contributed by atoms with van der Waals surface area (Å²) in [4.78, 5) is 17.7. The van der Waals surface area contributed by atoms with E-state index in [1.807, 2.05) is 0 Å². The van der Waals surface area contributed by atoms with Crippen LogP contribution < -0.4 is 5.32 Å². The number of sulfonamides is 1. The van der Waals surface area contributed by atoms with Crippen LogP contribution in [-0.4, -0.2) is 59.1 Å². The van der Waals surface area contributed by atoms with Crippen molar-refractivity contribution in [3.05, 3.63) is 47.0 Å². The van der Waals surface area contributed by atoms with Crippen LogP contribution in [0.25, 0.3) is 0 Å². The van der Waals surface area contributed by atoms with Crippen LogP contribution in [0.15, 0.2) is 35.3 Å². The van der Waals surface area contributed by atoms with E-state index in [1.54, 1.807) is 25.1 Å². The predicted octanol–water partition coefficient (Wildman–Crippen LogP) is 3.19. The molecule has 0 aromatic heterocycles. The molecular formula is C26H35F2N3O5S. The van der Waals surface area contributed by atoms with Gasteiger partial charge in [0.1, 0.15) is 11.4 Å². The van der Waals surface area contributed by atoms with Gasteiger partial charge in [-0.25, -0.2) is 12.7 Å². The van der Waals surface area contributed by atoms with Crippen molar-refractivity contribution in [3.8, 4) is 0 Å². The fourth-order valence-corrected chi connectivity index (χ4v) is 7.14. The number of carbonyl (C=O) groups is 1. The number of hydrogen-bond acceptors (Lipinski definition) is 6. The third kappa shape index (κ3) is 6.45. The highest BCUT2D eigenvalue weighted by Crippen LogP contribution is 2.37. The molecule has 1 aromatic rings. The minimum atomic E-state index is -3.54. The molecule has 2 aliphatic heterocycles. The zero-order chi connectivity index (χ0) is 26.8. The highest BCUT2D eigenvalue weighted by molar-refractivity contribution is 7.89. The molecule has 2 heterocycles. The fourth-order valence-electron chi connectivity index (χ4n) is 5.66. The van der Waals surface area contributed by atoms with Gasteiger partial charge in [0.05, 0.1) is 5.75 Å². The van der Waals surface area contributed by atoms with Crippen molar-refractivity contribution < 1.29 is 32.2 Å². The lowest BCUT2D eigenvalue weighted by Gasteiger charge is -2.34. The van der Waals surface area contributed by atoms with Crippen LogP contribution >= 0.6 is 0 Å². The third-order valence-corrected chi connectivity index (χ3v) is 9.95. The second kappa shape index (κ2) is 11.3. The summed E-state index contributed by atoms with van der Waals surface area (Å²) in [6.45, 7) is 2.24. The normalized spacial score (nSPS) is 24.3. The first kappa shape index (κ1) is 27.8. The minimum Gasteiger partial charge on any atom is -0.364 e. The van der Waals surface area contributed by atoms with Crippen LogP contribution in [-0.2, 0) is 21.2 Å². The van der Waals surface area contributed by atoms with E-state index in [1.165, 1.54) is 4.31 Å². The molecular weight excluding hydrogens is 504 g/mol. The SMILES string of the molecule is Cc1cc(C(O)O)ccc1CCS(=O)(=O)N1CCC2(CC1)N=C(C1CCC(CC=C(F)F)CC1)NC2=O. The van der Waals surface area contributed by atoms with E-state index >= 15 is 0 Å². The Bertz CT molecular complexity index is 1160. The maximum Gasteiger partial charge on any atom is 0.266 e. The second-order valence-electron chi connectivity index (χ2n) is 10.5. The topological polar surface area (TPSA) is 119 Å². The van der Waals surface area contributed by atoms with E-state index in [0.717, 1.165) is 42.9 Å². The van der Waals surface area contributed by atoms with Crippen molar-refractivity contribution in [2.24, 2.45) is 16.8 Å². The molecule has 0 radical (unpaired) electrons. The van der Waals surface area contributed by atoms with Crippen LogP contribution in [0.5, 0.6) is 0 Å². The zero-order valence-corrected chi connectivity index (χ0v) is 21.8. The van der Waals surface area contributed by atoms with Crippen molar-refractivity contribution in [1.29, 1.82) is 0 Å². The minimum absolute atomic E-state index is 0.0761. The Labute approximate surface area is 216 Å². The van der Waals surface area contributed by atoms with Crippen LogP contribution in [0.2, 0.25) is 0 Å². The Morgan fingerprint density at radius 1 is 1.22 bits per heavy atom. The number of aryl methyl sites for hydroxylation is 2. The smallest absolute Gasteiger partial charge is 0.266 e. The fraction of sp³-hybridized carbons (Fsp3) is 0.615. The number of aliphatic imine (C=N–C) groups is 1. The number of allylic oxidation sites excluding steroid dienone is 1. The van der Waals surface area contributed by atoms with Gasteiger partial charge in [-0.1, -0.05) is 18.2 Å². The number of nitrogens with one attached hydrogen (secondary N) is 1. The number of aliphatic hydroxyl groups excluding tert-OH is 1. The monoisotopic (exact) mass is 539 g/mol. The quantitative estimate of drug-likeness (QED) is 0.439. The number of rotatable bonds is 8. The van der Waals surface area contributed by atoms with Crippen molar-refractivity contribution >= 4 is 21.8 Å². The van der Waals surface area contributed by atoms with Gasteiger partial charge >= 0.3 is 0 Å². The second-order valence-corrected chi connectivity index (χ2v) is 12.5. The summed E-state index contributed by atoms with van der Waals surface area (Å²) >= 11 is 0. The summed E-state index contributed by atoms with van der Waals surface area (Å²) in [6.07, 6.45) is 2.29. The van der Waals surface area contributed by atoms with Crippen LogP contribution in [0, 0.1) is 18.8 Å². The summed E-state index contributed by atoms with van der Waals surface area (Å²) in [7, 11) is -3.54. The van der Waals surface area contributed by atoms with E-state index in [2.05, 4.69) is 5.32 Å². The number of benzene rings is 1. The number of amides is 1. The molecule has 1 saturated carbocycles. The number of aliphatic hydroxyl groups is 2. The molecule has 37 heavy (non-hydrogen) atoms. The largest absolute Gasteiger partial charge is 0.364 e. The highest BCUT2D eigenvalue weighted by Gasteiger charge is 2.48. The molecule has 11 heteroatoms. The van der Waals surface area contributed by atoms with Crippen molar-refractivity contribution in [3.63, 3.8) is 0 Å². The van der Waals surface area contributed by atoms with Gasteiger partial charge in [-0.3, -0.25) is 9.79 Å². The Morgan fingerprint density at radius 2 is 1.89 bits per heavy atom. The Balaban J connectivity index is 1.32. The van der Waals surface area contributed by atoms with E-state index in [0.29, 0.717) is 37.1 Å². The lowest BCUT2D eigenvalue weighted by atomic mass is 9.80. The number of halogens is 2. The maximum absolute atomic E-state index is 13.0. The summed E-state index contributed by atoms with van der Waals surface area (Å²) < 4.78 is 52.2. The van der Waals surface area contributed by atoms with Crippen LogP contribution in [0.1, 0.15) is 67.9 Å². The van der Waals surface area contributed by atoms with Gasteiger partial charge in [-0.2, -0.15) is 8.78 Å². The first-order valence-corrected chi connectivity index (χ1v) is 14.5. The van der Waals surface area contributed by atoms with Gasteiger partial charge in [0.25, 0.3) is 12.0 Å². The summed E-state index contributed by atoms with van der Waals surface area (Å²) in [5.41, 5.74) is 1.04. The summed E-state index contributed by atoms with van der Waals surface area (Å²) in [6, 6.07) is 4.93. The van der Waals surface area contributed by atoms with Crippen LogP contribution in [0.3, 0.4) is 0 Å². The Hall–Kier alpha value is -2.21. The molecule has 0 atom stereocenters. The summed E-state index contributed by atoms with van der Waals surface area (Å²) in [5, 5.41) is 21.5. The van der Waals surface area contributed by atoms with Crippen LogP contribution in [0.4, 0.5) is 8.78 Å². The number of nitrogens with zero attached hydrogens (tertiary/aromatic N) is 2. The molecule has 0 bridgehead atoms. The first-order valence-electron chi connectivity index (χ1n) is 12.8. The molecule has 0 unspecified atom stereocenters. The number of piperidine rings is 1. The molecule has 3 N–H and O–H groups in total. The Morgan fingerprint density at radius 3 is 2.49 bits per heavy atom. The molecule has 2 fully saturated rings. The van der Waals surface area contributed by atoms with Gasteiger partial charge in [-0.15, -0.1) is 0 Å². The molecule has 1 aliphatic carbocycles. The van der Waals surface area contributed by atoms with Gasteiger partial charge in [-0.05, 0) is 81.4 Å². The molecule has 204 valence electrons. The predicted molar refractivity (Wildman–Crippen MR) is 135 cm³/mol. The maximum atomic E-state index is 13.0. The Kier molecular flexibility index (Phi) is 8.47. The molecule has 1 saturated heterocycles. The van der Waals surface area contributed by atoms with E-state index < -0.39 is 27.9 Å². The molecule has 1 spiro atoms. The van der Waals surface area contributed by atoms with Gasteiger partial charge < -0.3 is 15.5 Å². The number of hydrogen-bond donors (Lipinski definition) is 3. The molecule has 3 aliphatic rings. The van der Waals surface area contributed by atoms with Gasteiger partial charge in [0.15, 0.2) is 6.29 Å². The van der Waals surface area contributed by atoms with E-state index in [9.17, 15) is 32.2 Å². The van der Waals surface area contributed by atoms with Crippen molar-refractivity contribution in [2.45, 2.75) is 70.1 Å². The lowest BCUT2D eigenvalue weighted by molar-refractivity contribution is -0.125. The zero-order valence-electron chi connectivity index (χ0n) is 21.0. The number of carbonyl (C=O) groups excluding carboxylic acids is 1. The molecule has 8 nitrogen and oxygen atoms in total. The standard InChI is InChI=1S/C26H35F2N3O5S/c1-17-16-21(24(32)33)8-7-19(17)10-15-37(35,36)31-13-11-26(12-14-31)25(34)29-23(30-26)20-5-2-18(3-6-20)4-9-22(27)28/h7-9,16,18,20,24,32-33H,2-6,10-15H2,1H3,(H,29,30,34). The van der Waals surface area contributed by atoms with Crippen molar-refractivity contribution in [1.82, 2.24) is 9.62 Å². The van der Waals surface area contributed by atoms with E-state index in [4.69, 9.17) is 4.99 Å². The summed E-state index contributed by atoms with van der Waals surface area (Å²) in [5.74, 6) is 0.737. The third-order valence-electron chi connectivity index (χ3n) is 8.07. The molecule has 1 amide bonds. The average molecular weight is 540 g/mol. The number of amidine groups is 1. The lowest BCUT2D eigenvalue weighted by Crippen LogP contribution is -2.51.